The van der Waals surface area contributed by atoms with Crippen molar-refractivity contribution >= 4 is 28.7 Å². The summed E-state index contributed by atoms with van der Waals surface area (Å²) in [7, 11) is 0. The first-order valence-corrected chi connectivity index (χ1v) is 10.0. The van der Waals surface area contributed by atoms with E-state index in [4.69, 9.17) is 4.74 Å². The molecule has 2 atom stereocenters. The number of non-ortho nitro benzene ring substituents is 1. The molecule has 150 valence electrons. The topological polar surface area (TPSA) is 110 Å². The van der Waals surface area contributed by atoms with Gasteiger partial charge in [0.1, 0.15) is 0 Å². The molecule has 1 saturated heterocycles. The Labute approximate surface area is 170 Å². The number of benzene rings is 1. The monoisotopic (exact) mass is 414 g/mol. The quantitative estimate of drug-likeness (QED) is 0.441. The van der Waals surface area contributed by atoms with Crippen molar-refractivity contribution < 1.29 is 24.4 Å². The number of carbonyl (C=O) groups is 2. The van der Waals surface area contributed by atoms with Crippen LogP contribution in [-0.2, 0) is 9.53 Å². The number of thiophene rings is 1. The summed E-state index contributed by atoms with van der Waals surface area (Å²) in [6.07, 6.45) is 1.43. The number of ether oxygens (including phenoxy) is 1. The van der Waals surface area contributed by atoms with Crippen LogP contribution in [0.15, 0.2) is 53.1 Å². The van der Waals surface area contributed by atoms with E-state index >= 15 is 0 Å². The normalized spacial score (nSPS) is 21.8. The highest BCUT2D eigenvalue weighted by Gasteiger charge is 2.45. The lowest BCUT2D eigenvalue weighted by Gasteiger charge is -2.28. The van der Waals surface area contributed by atoms with E-state index in [9.17, 15) is 24.8 Å². The minimum absolute atomic E-state index is 0.0593. The van der Waals surface area contributed by atoms with Crippen molar-refractivity contribution in [3.8, 4) is 0 Å². The van der Waals surface area contributed by atoms with E-state index in [0.717, 1.165) is 12.8 Å². The molecule has 0 radical (unpaired) electrons. The first-order chi connectivity index (χ1) is 14.0. The zero-order valence-corrected chi connectivity index (χ0v) is 16.1. The first kappa shape index (κ1) is 19.3. The second kappa shape index (κ2) is 7.76. The van der Waals surface area contributed by atoms with Gasteiger partial charge in [-0.15, -0.1) is 11.3 Å². The summed E-state index contributed by atoms with van der Waals surface area (Å²) in [4.78, 5) is 38.4. The third-order valence-corrected chi connectivity index (χ3v) is 5.98. The van der Waals surface area contributed by atoms with Gasteiger partial charge in [-0.1, -0.05) is 18.2 Å². The smallest absolute Gasteiger partial charge is 0.290 e. The number of ketones is 1. The SMILES string of the molecule is O=C(C1=C(O)C(=O)N(C[C@H]2CCCO2)[C@H]1c1cccc([N+](=O)[O-])c1)c1cccs1. The van der Waals surface area contributed by atoms with E-state index in [2.05, 4.69) is 0 Å². The minimum atomic E-state index is -0.916. The molecule has 29 heavy (non-hydrogen) atoms. The Kier molecular flexibility index (Phi) is 5.16. The molecular weight excluding hydrogens is 396 g/mol. The fraction of sp³-hybridized carbons (Fsp3) is 0.300. The van der Waals surface area contributed by atoms with Crippen LogP contribution in [0.25, 0.3) is 0 Å². The molecule has 4 rings (SSSR count). The van der Waals surface area contributed by atoms with E-state index in [1.807, 2.05) is 0 Å². The summed E-state index contributed by atoms with van der Waals surface area (Å²) in [6.45, 7) is 0.784. The maximum Gasteiger partial charge on any atom is 0.290 e. The minimum Gasteiger partial charge on any atom is -0.503 e. The van der Waals surface area contributed by atoms with Gasteiger partial charge >= 0.3 is 0 Å². The van der Waals surface area contributed by atoms with E-state index in [1.54, 1.807) is 23.6 Å². The summed E-state index contributed by atoms with van der Waals surface area (Å²) in [5.41, 5.74) is 0.187. The molecule has 0 spiro atoms. The molecule has 2 aliphatic heterocycles. The van der Waals surface area contributed by atoms with Crippen LogP contribution in [0.5, 0.6) is 0 Å². The molecule has 2 aliphatic rings. The van der Waals surface area contributed by atoms with Crippen molar-refractivity contribution in [3.05, 3.63) is 73.7 Å². The number of amides is 1. The maximum atomic E-state index is 13.1. The highest BCUT2D eigenvalue weighted by molar-refractivity contribution is 7.12. The zero-order valence-electron chi connectivity index (χ0n) is 15.3. The van der Waals surface area contributed by atoms with Gasteiger partial charge in [0.05, 0.1) is 27.5 Å². The number of rotatable bonds is 6. The summed E-state index contributed by atoms with van der Waals surface area (Å²) < 4.78 is 5.63. The first-order valence-electron chi connectivity index (χ1n) is 9.15. The lowest BCUT2D eigenvalue weighted by atomic mass is 9.95. The van der Waals surface area contributed by atoms with Crippen LogP contribution in [0.4, 0.5) is 5.69 Å². The number of aliphatic hydroxyl groups is 1. The number of nitro benzene ring substituents is 1. The van der Waals surface area contributed by atoms with Crippen LogP contribution in [0.2, 0.25) is 0 Å². The Morgan fingerprint density at radius 3 is 2.83 bits per heavy atom. The zero-order chi connectivity index (χ0) is 20.5. The molecule has 0 aliphatic carbocycles. The molecule has 1 amide bonds. The number of hydrogen-bond donors (Lipinski definition) is 1. The molecule has 2 aromatic rings. The van der Waals surface area contributed by atoms with E-state index < -0.39 is 28.4 Å². The molecule has 1 aromatic carbocycles. The number of aliphatic hydroxyl groups excluding tert-OH is 1. The average Bonchev–Trinajstić information content (AvgIpc) is 3.46. The summed E-state index contributed by atoms with van der Waals surface area (Å²) in [5.74, 6) is -1.74. The molecule has 8 nitrogen and oxygen atoms in total. The van der Waals surface area contributed by atoms with Gasteiger partial charge < -0.3 is 14.7 Å². The second-order valence-electron chi connectivity index (χ2n) is 6.92. The Hall–Kier alpha value is -3.04. The van der Waals surface area contributed by atoms with Crippen molar-refractivity contribution in [1.29, 1.82) is 0 Å². The van der Waals surface area contributed by atoms with Gasteiger partial charge in [0.15, 0.2) is 5.76 Å². The third kappa shape index (κ3) is 3.54. The number of Topliss-reactive ketones (excluding diaryl/α,β-unsaturated/α-hetero) is 1. The van der Waals surface area contributed by atoms with Crippen molar-refractivity contribution in [2.45, 2.75) is 25.0 Å². The maximum absolute atomic E-state index is 13.1. The average molecular weight is 414 g/mol. The van der Waals surface area contributed by atoms with Gasteiger partial charge in [0, 0.05) is 25.3 Å². The van der Waals surface area contributed by atoms with Gasteiger partial charge in [0.2, 0.25) is 5.78 Å². The van der Waals surface area contributed by atoms with Crippen LogP contribution in [-0.4, -0.2) is 45.9 Å². The lowest BCUT2D eigenvalue weighted by molar-refractivity contribution is -0.384. The van der Waals surface area contributed by atoms with Crippen LogP contribution in [0.3, 0.4) is 0 Å². The van der Waals surface area contributed by atoms with E-state index in [1.165, 1.54) is 34.4 Å². The lowest BCUT2D eigenvalue weighted by Crippen LogP contribution is -2.37. The highest BCUT2D eigenvalue weighted by atomic mass is 32.1. The Balaban J connectivity index is 1.79. The van der Waals surface area contributed by atoms with Crippen LogP contribution in [0, 0.1) is 10.1 Å². The summed E-state index contributed by atoms with van der Waals surface area (Å²) in [5, 5.41) is 23.5. The van der Waals surface area contributed by atoms with Crippen molar-refractivity contribution in [2.75, 3.05) is 13.2 Å². The fourth-order valence-electron chi connectivity index (χ4n) is 3.78. The molecule has 9 heteroatoms. The molecule has 1 N–H and O–H groups in total. The van der Waals surface area contributed by atoms with Gasteiger partial charge in [-0.05, 0) is 29.9 Å². The molecular formula is C20H18N2O6S. The van der Waals surface area contributed by atoms with Crippen LogP contribution < -0.4 is 0 Å². The Morgan fingerprint density at radius 2 is 2.17 bits per heavy atom. The largest absolute Gasteiger partial charge is 0.503 e. The van der Waals surface area contributed by atoms with Gasteiger partial charge in [-0.2, -0.15) is 0 Å². The van der Waals surface area contributed by atoms with Gasteiger partial charge in [-0.25, -0.2) is 0 Å². The third-order valence-electron chi connectivity index (χ3n) is 5.11. The standard InChI is InChI=1S/C20H18N2O6S/c23-18(15-7-3-9-29-15)16-17(12-4-1-5-13(10-12)22(26)27)21(20(25)19(16)24)11-14-6-2-8-28-14/h1,3-5,7,9-10,14,17,24H,2,6,8,11H2/t14-,17+/m1/s1. The number of nitrogens with zero attached hydrogens (tertiary/aromatic N) is 2. The molecule has 0 bridgehead atoms. The molecule has 1 aromatic heterocycles. The fourth-order valence-corrected chi connectivity index (χ4v) is 4.45. The Morgan fingerprint density at radius 1 is 1.34 bits per heavy atom. The molecule has 3 heterocycles. The number of carbonyl (C=O) groups excluding carboxylic acids is 2. The highest BCUT2D eigenvalue weighted by Crippen LogP contribution is 2.40. The second-order valence-corrected chi connectivity index (χ2v) is 7.86. The Bertz CT molecular complexity index is 994. The predicted molar refractivity (Wildman–Crippen MR) is 105 cm³/mol. The molecule has 0 saturated carbocycles. The van der Waals surface area contributed by atoms with E-state index in [0.29, 0.717) is 17.0 Å². The van der Waals surface area contributed by atoms with Crippen molar-refractivity contribution in [1.82, 2.24) is 4.90 Å². The predicted octanol–water partition coefficient (Wildman–Crippen LogP) is 3.41. The number of hydrogen-bond acceptors (Lipinski definition) is 7. The molecule has 0 unspecified atom stereocenters. The molecule has 1 fully saturated rings. The number of nitro groups is 1. The van der Waals surface area contributed by atoms with Crippen molar-refractivity contribution in [3.63, 3.8) is 0 Å². The van der Waals surface area contributed by atoms with Gasteiger partial charge in [-0.3, -0.25) is 19.7 Å². The van der Waals surface area contributed by atoms with Gasteiger partial charge in [0.25, 0.3) is 11.6 Å². The van der Waals surface area contributed by atoms with Crippen LogP contribution in [0.1, 0.15) is 34.1 Å². The van der Waals surface area contributed by atoms with Crippen LogP contribution >= 0.6 is 11.3 Å². The summed E-state index contributed by atoms with van der Waals surface area (Å²) >= 11 is 1.20. The summed E-state index contributed by atoms with van der Waals surface area (Å²) in [6, 6.07) is 8.21. The van der Waals surface area contributed by atoms with Crippen molar-refractivity contribution in [2.24, 2.45) is 0 Å². The van der Waals surface area contributed by atoms with E-state index in [-0.39, 0.29) is 23.9 Å².